The Morgan fingerprint density at radius 2 is 1.93 bits per heavy atom. The second kappa shape index (κ2) is 4.12. The Morgan fingerprint density at radius 3 is 2.33 bits per heavy atom. The van der Waals surface area contributed by atoms with E-state index in [-0.39, 0.29) is 0 Å². The second-order valence-corrected chi connectivity index (χ2v) is 3.53. The molecular formula is C8H14O7. The molecule has 1 heterocycles. The van der Waals surface area contributed by atoms with Crippen LogP contribution in [-0.2, 0) is 9.53 Å². The van der Waals surface area contributed by atoms with Crippen LogP contribution < -0.4 is 0 Å². The van der Waals surface area contributed by atoms with Gasteiger partial charge in [-0.3, -0.25) is 4.79 Å². The number of carbonyl (C=O) groups is 1. The van der Waals surface area contributed by atoms with Crippen molar-refractivity contribution in [3.63, 3.8) is 0 Å². The average Bonchev–Trinajstić information content (AvgIpc) is 2.20. The molecule has 88 valence electrons. The van der Waals surface area contributed by atoms with Crippen molar-refractivity contribution in [3.05, 3.63) is 0 Å². The first-order valence-electron chi connectivity index (χ1n) is 4.39. The number of aliphatic hydroxyl groups is 5. The van der Waals surface area contributed by atoms with Gasteiger partial charge in [-0.2, -0.15) is 0 Å². The van der Waals surface area contributed by atoms with Crippen LogP contribution in [-0.4, -0.2) is 68.1 Å². The summed E-state index contributed by atoms with van der Waals surface area (Å²) in [4.78, 5) is 11.1. The zero-order chi connectivity index (χ0) is 11.8. The van der Waals surface area contributed by atoms with E-state index < -0.39 is 42.6 Å². The van der Waals surface area contributed by atoms with E-state index in [1.54, 1.807) is 0 Å². The van der Waals surface area contributed by atoms with E-state index in [0.717, 1.165) is 6.92 Å². The molecule has 0 aliphatic carbocycles. The van der Waals surface area contributed by atoms with Crippen LogP contribution in [0.4, 0.5) is 0 Å². The molecule has 7 heteroatoms. The summed E-state index contributed by atoms with van der Waals surface area (Å²) < 4.78 is 4.62. The summed E-state index contributed by atoms with van der Waals surface area (Å²) in [5, 5.41) is 46.5. The van der Waals surface area contributed by atoms with Crippen molar-refractivity contribution in [1.82, 2.24) is 0 Å². The SMILES string of the molecule is CC(=O)[C@]1(O)[C@@H](O)O[C@H](CO)[C@@H](O)[C@@H]1O. The van der Waals surface area contributed by atoms with E-state index in [1.165, 1.54) is 0 Å². The highest BCUT2D eigenvalue weighted by Gasteiger charge is 2.57. The van der Waals surface area contributed by atoms with Gasteiger partial charge in [0.25, 0.3) is 0 Å². The highest BCUT2D eigenvalue weighted by atomic mass is 16.6. The summed E-state index contributed by atoms with van der Waals surface area (Å²) in [5.74, 6) is -0.932. The summed E-state index contributed by atoms with van der Waals surface area (Å²) in [5.41, 5.74) is -2.56. The molecule has 5 atom stereocenters. The predicted octanol–water partition coefficient (Wildman–Crippen LogP) is -3.26. The van der Waals surface area contributed by atoms with Gasteiger partial charge in [0.15, 0.2) is 12.1 Å². The van der Waals surface area contributed by atoms with Gasteiger partial charge in [-0.05, 0) is 6.92 Å². The van der Waals surface area contributed by atoms with Crippen molar-refractivity contribution in [1.29, 1.82) is 0 Å². The number of Topliss-reactive ketones (excluding diaryl/α,β-unsaturated/α-hetero) is 1. The first-order chi connectivity index (χ1) is 6.85. The molecule has 0 aromatic carbocycles. The largest absolute Gasteiger partial charge is 0.394 e. The van der Waals surface area contributed by atoms with Crippen molar-refractivity contribution >= 4 is 5.78 Å². The molecule has 0 saturated carbocycles. The van der Waals surface area contributed by atoms with E-state index in [9.17, 15) is 25.2 Å². The van der Waals surface area contributed by atoms with E-state index in [0.29, 0.717) is 0 Å². The van der Waals surface area contributed by atoms with Crippen LogP contribution >= 0.6 is 0 Å². The minimum absolute atomic E-state index is 0.650. The summed E-state index contributed by atoms with van der Waals surface area (Å²) in [7, 11) is 0. The number of rotatable bonds is 2. The van der Waals surface area contributed by atoms with Gasteiger partial charge < -0.3 is 30.3 Å². The maximum Gasteiger partial charge on any atom is 0.202 e. The number of aliphatic hydroxyl groups excluding tert-OH is 4. The van der Waals surface area contributed by atoms with Crippen molar-refractivity contribution in [3.8, 4) is 0 Å². The Hall–Kier alpha value is -0.570. The lowest BCUT2D eigenvalue weighted by atomic mass is 9.84. The first-order valence-corrected chi connectivity index (χ1v) is 4.39. The van der Waals surface area contributed by atoms with Gasteiger partial charge in [-0.25, -0.2) is 0 Å². The van der Waals surface area contributed by atoms with Crippen molar-refractivity contribution < 1.29 is 35.1 Å². The van der Waals surface area contributed by atoms with Crippen molar-refractivity contribution in [2.45, 2.75) is 37.1 Å². The Labute approximate surface area is 85.5 Å². The third-order valence-electron chi connectivity index (χ3n) is 2.58. The van der Waals surface area contributed by atoms with E-state index in [2.05, 4.69) is 4.74 Å². The maximum atomic E-state index is 11.1. The molecule has 0 unspecified atom stereocenters. The molecule has 0 bridgehead atoms. The summed E-state index contributed by atoms with van der Waals surface area (Å²) in [6, 6.07) is 0. The lowest BCUT2D eigenvalue weighted by Crippen LogP contribution is -2.69. The van der Waals surface area contributed by atoms with Gasteiger partial charge >= 0.3 is 0 Å². The number of ether oxygens (including phenoxy) is 1. The number of ketones is 1. The van der Waals surface area contributed by atoms with Crippen LogP contribution in [0.1, 0.15) is 6.92 Å². The fourth-order valence-electron chi connectivity index (χ4n) is 1.49. The molecule has 5 N–H and O–H groups in total. The Kier molecular flexibility index (Phi) is 3.44. The topological polar surface area (TPSA) is 127 Å². The third kappa shape index (κ3) is 1.78. The lowest BCUT2D eigenvalue weighted by molar-refractivity contribution is -0.316. The van der Waals surface area contributed by atoms with Crippen molar-refractivity contribution in [2.75, 3.05) is 6.61 Å². The van der Waals surface area contributed by atoms with Crippen LogP contribution in [0.5, 0.6) is 0 Å². The number of carbonyl (C=O) groups excluding carboxylic acids is 1. The lowest BCUT2D eigenvalue weighted by Gasteiger charge is -2.44. The predicted molar refractivity (Wildman–Crippen MR) is 45.6 cm³/mol. The third-order valence-corrected chi connectivity index (χ3v) is 2.58. The van der Waals surface area contributed by atoms with Crippen LogP contribution in [0.3, 0.4) is 0 Å². The molecular weight excluding hydrogens is 208 g/mol. The molecule has 1 aliphatic rings. The zero-order valence-corrected chi connectivity index (χ0v) is 8.07. The molecule has 0 aromatic rings. The zero-order valence-electron chi connectivity index (χ0n) is 8.07. The summed E-state index contributed by atoms with van der Waals surface area (Å²) >= 11 is 0. The molecule has 0 spiro atoms. The monoisotopic (exact) mass is 222 g/mol. The Morgan fingerprint density at radius 1 is 1.40 bits per heavy atom. The maximum absolute atomic E-state index is 11.1. The van der Waals surface area contributed by atoms with E-state index in [4.69, 9.17) is 5.11 Å². The molecule has 0 aromatic heterocycles. The van der Waals surface area contributed by atoms with Gasteiger partial charge in [-0.1, -0.05) is 0 Å². The Bertz CT molecular complexity index is 255. The van der Waals surface area contributed by atoms with Gasteiger partial charge in [0.1, 0.15) is 18.3 Å². The molecule has 1 fully saturated rings. The summed E-state index contributed by atoms with van der Waals surface area (Å²) in [6.45, 7) is 0.297. The van der Waals surface area contributed by atoms with Gasteiger partial charge in [0, 0.05) is 0 Å². The highest BCUT2D eigenvalue weighted by Crippen LogP contribution is 2.29. The highest BCUT2D eigenvalue weighted by molar-refractivity contribution is 5.86. The van der Waals surface area contributed by atoms with Crippen LogP contribution in [0, 0.1) is 0 Å². The van der Waals surface area contributed by atoms with Crippen LogP contribution in [0.25, 0.3) is 0 Å². The van der Waals surface area contributed by atoms with Crippen LogP contribution in [0.15, 0.2) is 0 Å². The second-order valence-electron chi connectivity index (χ2n) is 3.53. The molecule has 0 radical (unpaired) electrons. The fraction of sp³-hybridized carbons (Fsp3) is 0.875. The first kappa shape index (κ1) is 12.5. The van der Waals surface area contributed by atoms with Crippen LogP contribution in [0.2, 0.25) is 0 Å². The molecule has 1 rings (SSSR count). The standard InChI is InChI=1S/C8H14O7/c1-3(10)8(14)6(12)5(11)4(2-9)15-7(8)13/h4-7,9,11-14H,2H2,1H3/t4-,5-,6+,7+,8-/m1/s1. The van der Waals surface area contributed by atoms with Gasteiger partial charge in [0.05, 0.1) is 6.61 Å². The molecule has 1 saturated heterocycles. The minimum Gasteiger partial charge on any atom is -0.394 e. The van der Waals surface area contributed by atoms with Crippen molar-refractivity contribution in [2.24, 2.45) is 0 Å². The molecule has 15 heavy (non-hydrogen) atoms. The quantitative estimate of drug-likeness (QED) is 0.332. The van der Waals surface area contributed by atoms with Gasteiger partial charge in [-0.15, -0.1) is 0 Å². The normalized spacial score (nSPS) is 46.5. The number of hydrogen-bond acceptors (Lipinski definition) is 7. The molecule has 7 nitrogen and oxygen atoms in total. The summed E-state index contributed by atoms with van der Waals surface area (Å²) in [6.07, 6.45) is -6.77. The minimum atomic E-state index is -2.56. The van der Waals surface area contributed by atoms with E-state index >= 15 is 0 Å². The van der Waals surface area contributed by atoms with E-state index in [1.807, 2.05) is 0 Å². The molecule has 1 aliphatic heterocycles. The van der Waals surface area contributed by atoms with Gasteiger partial charge in [0.2, 0.25) is 5.60 Å². The molecule has 0 amide bonds. The Balaban J connectivity index is 2.98. The smallest absolute Gasteiger partial charge is 0.202 e. The number of hydrogen-bond donors (Lipinski definition) is 5. The average molecular weight is 222 g/mol. The fourth-order valence-corrected chi connectivity index (χ4v) is 1.49.